The molecule has 1 aliphatic heterocycles. The first-order valence-electron chi connectivity index (χ1n) is 6.98. The van der Waals surface area contributed by atoms with Crippen LogP contribution in [0.5, 0.6) is 0 Å². The van der Waals surface area contributed by atoms with Crippen LogP contribution >= 0.6 is 0 Å². The highest BCUT2D eigenvalue weighted by Gasteiger charge is 2.18. The molecule has 2 N–H and O–H groups in total. The molecule has 1 heterocycles. The number of ether oxygens (including phenoxy) is 1. The average molecular weight is 240 g/mol. The van der Waals surface area contributed by atoms with Crippen molar-refractivity contribution < 1.29 is 9.53 Å². The van der Waals surface area contributed by atoms with Crippen molar-refractivity contribution in [1.29, 1.82) is 0 Å². The molecule has 0 spiro atoms. The summed E-state index contributed by atoms with van der Waals surface area (Å²) in [7, 11) is 0. The Morgan fingerprint density at radius 2 is 2.06 bits per heavy atom. The lowest BCUT2D eigenvalue weighted by atomic mass is 9.97. The van der Waals surface area contributed by atoms with Crippen molar-refractivity contribution in [2.45, 2.75) is 51.0 Å². The van der Waals surface area contributed by atoms with Gasteiger partial charge in [0.25, 0.3) is 0 Å². The fraction of sp³-hybridized carbons (Fsp3) is 0.923. The van der Waals surface area contributed by atoms with Crippen LogP contribution in [0.2, 0.25) is 0 Å². The van der Waals surface area contributed by atoms with Crippen LogP contribution in [0.4, 0.5) is 4.79 Å². The predicted molar refractivity (Wildman–Crippen MR) is 67.0 cm³/mol. The largest absolute Gasteiger partial charge is 0.450 e. The van der Waals surface area contributed by atoms with Crippen LogP contribution in [0.1, 0.15) is 44.9 Å². The molecule has 4 nitrogen and oxygen atoms in total. The van der Waals surface area contributed by atoms with Gasteiger partial charge in [0.05, 0.1) is 6.61 Å². The molecule has 17 heavy (non-hydrogen) atoms. The molecule has 1 amide bonds. The van der Waals surface area contributed by atoms with Gasteiger partial charge in [0.2, 0.25) is 0 Å². The molecular weight excluding hydrogens is 216 g/mol. The second kappa shape index (κ2) is 6.84. The van der Waals surface area contributed by atoms with E-state index >= 15 is 0 Å². The SMILES string of the molecule is O=C(NC1CCCC1)OCCC1CCCNC1. The molecule has 2 aliphatic rings. The van der Waals surface area contributed by atoms with Gasteiger partial charge < -0.3 is 15.4 Å². The summed E-state index contributed by atoms with van der Waals surface area (Å²) in [6.07, 6.45) is 7.98. The van der Waals surface area contributed by atoms with E-state index in [-0.39, 0.29) is 6.09 Å². The summed E-state index contributed by atoms with van der Waals surface area (Å²) >= 11 is 0. The molecule has 0 aromatic rings. The topological polar surface area (TPSA) is 50.4 Å². The second-order valence-corrected chi connectivity index (χ2v) is 5.26. The molecule has 2 fully saturated rings. The van der Waals surface area contributed by atoms with Gasteiger partial charge in [0.15, 0.2) is 0 Å². The lowest BCUT2D eigenvalue weighted by molar-refractivity contribution is 0.132. The van der Waals surface area contributed by atoms with Crippen molar-refractivity contribution >= 4 is 6.09 Å². The number of carbonyl (C=O) groups is 1. The molecule has 0 radical (unpaired) electrons. The highest BCUT2D eigenvalue weighted by molar-refractivity contribution is 5.67. The van der Waals surface area contributed by atoms with Gasteiger partial charge in [-0.15, -0.1) is 0 Å². The van der Waals surface area contributed by atoms with Crippen molar-refractivity contribution in [1.82, 2.24) is 10.6 Å². The molecule has 0 bridgehead atoms. The van der Waals surface area contributed by atoms with Gasteiger partial charge in [0, 0.05) is 6.04 Å². The van der Waals surface area contributed by atoms with E-state index in [2.05, 4.69) is 10.6 Å². The van der Waals surface area contributed by atoms with Gasteiger partial charge in [-0.05, 0) is 51.1 Å². The molecule has 1 atom stereocenters. The Balaban J connectivity index is 1.53. The third-order valence-corrected chi connectivity index (χ3v) is 3.84. The first-order chi connectivity index (χ1) is 8.34. The molecule has 4 heteroatoms. The minimum Gasteiger partial charge on any atom is -0.450 e. The van der Waals surface area contributed by atoms with E-state index in [0.29, 0.717) is 18.6 Å². The zero-order chi connectivity index (χ0) is 11.9. The normalized spacial score (nSPS) is 25.8. The monoisotopic (exact) mass is 240 g/mol. The highest BCUT2D eigenvalue weighted by atomic mass is 16.5. The van der Waals surface area contributed by atoms with Crippen LogP contribution in [-0.4, -0.2) is 31.8 Å². The van der Waals surface area contributed by atoms with E-state index in [1.54, 1.807) is 0 Å². The summed E-state index contributed by atoms with van der Waals surface area (Å²) in [4.78, 5) is 11.5. The molecule has 1 unspecified atom stereocenters. The Hall–Kier alpha value is -0.770. The van der Waals surface area contributed by atoms with Crippen molar-refractivity contribution in [3.8, 4) is 0 Å². The van der Waals surface area contributed by atoms with Crippen molar-refractivity contribution in [2.75, 3.05) is 19.7 Å². The fourth-order valence-electron chi connectivity index (χ4n) is 2.77. The Labute approximate surface area is 103 Å². The van der Waals surface area contributed by atoms with Gasteiger partial charge in [0.1, 0.15) is 0 Å². The van der Waals surface area contributed by atoms with Gasteiger partial charge >= 0.3 is 6.09 Å². The maximum Gasteiger partial charge on any atom is 0.407 e. The molecule has 2 rings (SSSR count). The van der Waals surface area contributed by atoms with Crippen LogP contribution in [0.15, 0.2) is 0 Å². The van der Waals surface area contributed by atoms with Gasteiger partial charge in [-0.3, -0.25) is 0 Å². The van der Waals surface area contributed by atoms with E-state index in [1.165, 1.54) is 25.7 Å². The van der Waals surface area contributed by atoms with Crippen LogP contribution in [0.25, 0.3) is 0 Å². The second-order valence-electron chi connectivity index (χ2n) is 5.26. The minimum absolute atomic E-state index is 0.222. The quantitative estimate of drug-likeness (QED) is 0.790. The van der Waals surface area contributed by atoms with E-state index in [1.807, 2.05) is 0 Å². The van der Waals surface area contributed by atoms with Crippen molar-refractivity contribution in [2.24, 2.45) is 5.92 Å². The number of alkyl carbamates (subject to hydrolysis) is 1. The maximum absolute atomic E-state index is 11.5. The average Bonchev–Trinajstić information content (AvgIpc) is 2.83. The smallest absolute Gasteiger partial charge is 0.407 e. The standard InChI is InChI=1S/C13H24N2O2/c16-13(15-12-5-1-2-6-12)17-9-7-11-4-3-8-14-10-11/h11-12,14H,1-10H2,(H,15,16). The fourth-order valence-corrected chi connectivity index (χ4v) is 2.77. The predicted octanol–water partition coefficient (Wildman–Crippen LogP) is 2.04. The van der Waals surface area contributed by atoms with Crippen LogP contribution in [0, 0.1) is 5.92 Å². The number of carbonyl (C=O) groups excluding carboxylic acids is 1. The molecule has 1 aliphatic carbocycles. The molecule has 1 saturated heterocycles. The number of hydrogen-bond acceptors (Lipinski definition) is 3. The zero-order valence-corrected chi connectivity index (χ0v) is 10.5. The van der Waals surface area contributed by atoms with E-state index in [9.17, 15) is 4.79 Å². The minimum atomic E-state index is -0.222. The first kappa shape index (κ1) is 12.7. The molecule has 1 saturated carbocycles. The third-order valence-electron chi connectivity index (χ3n) is 3.84. The van der Waals surface area contributed by atoms with E-state index in [0.717, 1.165) is 32.4 Å². The number of nitrogens with one attached hydrogen (secondary N) is 2. The Morgan fingerprint density at radius 3 is 2.76 bits per heavy atom. The molecule has 98 valence electrons. The first-order valence-corrected chi connectivity index (χ1v) is 6.98. The van der Waals surface area contributed by atoms with Crippen molar-refractivity contribution in [3.63, 3.8) is 0 Å². The lowest BCUT2D eigenvalue weighted by Gasteiger charge is -2.22. The van der Waals surface area contributed by atoms with Gasteiger partial charge in [-0.2, -0.15) is 0 Å². The summed E-state index contributed by atoms with van der Waals surface area (Å²) in [5, 5.41) is 6.32. The molecular formula is C13H24N2O2. The Bertz CT molecular complexity index is 234. The van der Waals surface area contributed by atoms with Crippen LogP contribution in [-0.2, 0) is 4.74 Å². The van der Waals surface area contributed by atoms with Crippen molar-refractivity contribution in [3.05, 3.63) is 0 Å². The zero-order valence-electron chi connectivity index (χ0n) is 10.5. The van der Waals surface area contributed by atoms with Crippen LogP contribution < -0.4 is 10.6 Å². The van der Waals surface area contributed by atoms with E-state index in [4.69, 9.17) is 4.74 Å². The summed E-state index contributed by atoms with van der Waals surface area (Å²) in [6.45, 7) is 2.78. The Kier molecular flexibility index (Phi) is 5.10. The molecule has 0 aromatic heterocycles. The number of hydrogen-bond donors (Lipinski definition) is 2. The third kappa shape index (κ3) is 4.54. The number of piperidine rings is 1. The van der Waals surface area contributed by atoms with Crippen LogP contribution in [0.3, 0.4) is 0 Å². The lowest BCUT2D eigenvalue weighted by Crippen LogP contribution is -2.34. The Morgan fingerprint density at radius 1 is 1.24 bits per heavy atom. The number of amides is 1. The summed E-state index contributed by atoms with van der Waals surface area (Å²) in [6, 6.07) is 0.360. The summed E-state index contributed by atoms with van der Waals surface area (Å²) in [5.74, 6) is 0.683. The summed E-state index contributed by atoms with van der Waals surface area (Å²) in [5.41, 5.74) is 0. The molecule has 0 aromatic carbocycles. The maximum atomic E-state index is 11.5. The van der Waals surface area contributed by atoms with E-state index < -0.39 is 0 Å². The van der Waals surface area contributed by atoms with Gasteiger partial charge in [-0.25, -0.2) is 4.79 Å². The summed E-state index contributed by atoms with van der Waals surface area (Å²) < 4.78 is 5.23. The highest BCUT2D eigenvalue weighted by Crippen LogP contribution is 2.18. The van der Waals surface area contributed by atoms with Gasteiger partial charge in [-0.1, -0.05) is 12.8 Å². The number of rotatable bonds is 4.